The summed E-state index contributed by atoms with van der Waals surface area (Å²) < 4.78 is 30.9. The Morgan fingerprint density at radius 3 is 2.52 bits per heavy atom. The van der Waals surface area contributed by atoms with Crippen LogP contribution < -0.4 is 0 Å². The Labute approximate surface area is 124 Å². The molecule has 0 radical (unpaired) electrons. The van der Waals surface area contributed by atoms with E-state index in [4.69, 9.17) is 4.52 Å². The van der Waals surface area contributed by atoms with Crippen LogP contribution in [0.5, 0.6) is 0 Å². The van der Waals surface area contributed by atoms with Crippen molar-refractivity contribution in [2.24, 2.45) is 5.41 Å². The molecule has 0 aliphatic carbocycles. The minimum Gasteiger partial charge on any atom is -0.481 e. The van der Waals surface area contributed by atoms with Gasteiger partial charge in [-0.1, -0.05) is 12.1 Å². The van der Waals surface area contributed by atoms with Crippen molar-refractivity contribution in [1.29, 1.82) is 0 Å². The average molecular weight is 316 g/mol. The molecule has 1 N–H and O–H groups in total. The molecular weight excluding hydrogens is 296 g/mol. The molecule has 1 saturated heterocycles. The molecule has 8 heteroatoms. The number of hydrogen-bond donors (Lipinski definition) is 1. The number of carboxylic acid groups (broad SMARTS) is 1. The summed E-state index contributed by atoms with van der Waals surface area (Å²) in [5, 5.41) is 13.0. The number of nitrogens with zero attached hydrogens (tertiary/aromatic N) is 2. The zero-order chi connectivity index (χ0) is 15.7. The van der Waals surface area contributed by atoms with Crippen LogP contribution in [0.3, 0.4) is 0 Å². The van der Waals surface area contributed by atoms with Gasteiger partial charge in [0.15, 0.2) is 0 Å². The molecule has 1 aliphatic heterocycles. The topological polar surface area (TPSA) is 101 Å². The van der Waals surface area contributed by atoms with E-state index in [2.05, 4.69) is 5.16 Å². The van der Waals surface area contributed by atoms with Gasteiger partial charge in [-0.3, -0.25) is 4.79 Å². The number of carboxylic acids is 1. The highest BCUT2D eigenvalue weighted by molar-refractivity contribution is 7.88. The molecule has 1 aliphatic rings. The van der Waals surface area contributed by atoms with Crippen LogP contribution in [-0.2, 0) is 20.6 Å². The zero-order valence-corrected chi connectivity index (χ0v) is 13.0. The summed E-state index contributed by atoms with van der Waals surface area (Å²) in [6.45, 7) is 4.00. The lowest BCUT2D eigenvalue weighted by Gasteiger charge is -2.37. The van der Waals surface area contributed by atoms with Gasteiger partial charge in [-0.25, -0.2) is 12.7 Å². The lowest BCUT2D eigenvalue weighted by Crippen LogP contribution is -2.46. The lowest BCUT2D eigenvalue weighted by molar-refractivity contribution is -0.151. The van der Waals surface area contributed by atoms with Crippen molar-refractivity contribution in [3.63, 3.8) is 0 Å². The summed E-state index contributed by atoms with van der Waals surface area (Å²) in [4.78, 5) is 11.4. The van der Waals surface area contributed by atoms with E-state index in [1.807, 2.05) is 6.92 Å². The molecular formula is C13H20N2O5S. The summed E-state index contributed by atoms with van der Waals surface area (Å²) in [6.07, 6.45) is 1.20. The summed E-state index contributed by atoms with van der Waals surface area (Å²) in [5.74, 6) is -0.486. The average Bonchev–Trinajstić information content (AvgIpc) is 2.83. The maximum absolute atomic E-state index is 12.3. The van der Waals surface area contributed by atoms with E-state index in [9.17, 15) is 18.3 Å². The van der Waals surface area contributed by atoms with Crippen LogP contribution in [0, 0.1) is 12.3 Å². The predicted octanol–water partition coefficient (Wildman–Crippen LogP) is 1.39. The first-order chi connectivity index (χ1) is 9.79. The molecule has 1 fully saturated rings. The third kappa shape index (κ3) is 3.26. The highest BCUT2D eigenvalue weighted by Crippen LogP contribution is 2.36. The second-order valence-electron chi connectivity index (χ2n) is 5.52. The molecule has 1 aromatic rings. The number of aromatic nitrogens is 1. The van der Waals surface area contributed by atoms with Crippen molar-refractivity contribution in [1.82, 2.24) is 9.46 Å². The van der Waals surface area contributed by atoms with Gasteiger partial charge in [0.25, 0.3) is 0 Å². The molecule has 0 atom stereocenters. The lowest BCUT2D eigenvalue weighted by atomic mass is 9.77. The van der Waals surface area contributed by atoms with Crippen molar-refractivity contribution < 1.29 is 22.8 Å². The summed E-state index contributed by atoms with van der Waals surface area (Å²) in [7, 11) is -3.49. The maximum Gasteiger partial charge on any atom is 0.309 e. The fraction of sp³-hybridized carbons (Fsp3) is 0.692. The van der Waals surface area contributed by atoms with Gasteiger partial charge in [0.1, 0.15) is 17.2 Å². The number of hydrogen-bond acceptors (Lipinski definition) is 5. The summed E-state index contributed by atoms with van der Waals surface area (Å²) in [6, 6.07) is 1.59. The quantitative estimate of drug-likeness (QED) is 0.881. The molecule has 0 unspecified atom stereocenters. The minimum absolute atomic E-state index is 0.212. The Hall–Kier alpha value is -1.41. The van der Waals surface area contributed by atoms with Gasteiger partial charge in [-0.15, -0.1) is 0 Å². The Balaban J connectivity index is 2.05. The van der Waals surface area contributed by atoms with E-state index in [-0.39, 0.29) is 18.8 Å². The second kappa shape index (κ2) is 5.76. The highest BCUT2D eigenvalue weighted by Gasteiger charge is 2.42. The molecule has 21 heavy (non-hydrogen) atoms. The zero-order valence-electron chi connectivity index (χ0n) is 12.2. The van der Waals surface area contributed by atoms with Gasteiger partial charge in [0, 0.05) is 19.2 Å². The highest BCUT2D eigenvalue weighted by atomic mass is 32.2. The van der Waals surface area contributed by atoms with Gasteiger partial charge < -0.3 is 9.63 Å². The monoisotopic (exact) mass is 316 g/mol. The van der Waals surface area contributed by atoms with Gasteiger partial charge in [0.2, 0.25) is 10.0 Å². The first-order valence-electron chi connectivity index (χ1n) is 6.92. The first kappa shape index (κ1) is 16.0. The number of aryl methyl sites for hydroxylation is 1. The molecule has 0 aromatic carbocycles. The second-order valence-corrected chi connectivity index (χ2v) is 7.49. The molecule has 2 heterocycles. The molecule has 118 valence electrons. The van der Waals surface area contributed by atoms with Gasteiger partial charge in [-0.2, -0.15) is 0 Å². The van der Waals surface area contributed by atoms with E-state index in [0.29, 0.717) is 30.7 Å². The third-order valence-electron chi connectivity index (χ3n) is 4.21. The first-order valence-corrected chi connectivity index (χ1v) is 8.53. The predicted molar refractivity (Wildman–Crippen MR) is 75.0 cm³/mol. The number of rotatable bonds is 5. The van der Waals surface area contributed by atoms with Crippen LogP contribution >= 0.6 is 0 Å². The van der Waals surface area contributed by atoms with Crippen LogP contribution in [0.25, 0.3) is 0 Å². The fourth-order valence-electron chi connectivity index (χ4n) is 2.68. The number of piperidine rings is 1. The molecule has 0 saturated carbocycles. The van der Waals surface area contributed by atoms with Crippen molar-refractivity contribution in [3.05, 3.63) is 17.5 Å². The largest absolute Gasteiger partial charge is 0.481 e. The van der Waals surface area contributed by atoms with Crippen molar-refractivity contribution >= 4 is 16.0 Å². The van der Waals surface area contributed by atoms with Crippen molar-refractivity contribution in [3.8, 4) is 0 Å². The van der Waals surface area contributed by atoms with E-state index < -0.39 is 21.4 Å². The molecule has 1 aromatic heterocycles. The summed E-state index contributed by atoms with van der Waals surface area (Å²) >= 11 is 0. The Kier molecular flexibility index (Phi) is 4.38. The van der Waals surface area contributed by atoms with Gasteiger partial charge in [0.05, 0.1) is 5.41 Å². The summed E-state index contributed by atoms with van der Waals surface area (Å²) in [5.41, 5.74) is -0.422. The number of carbonyl (C=O) groups is 1. The normalized spacial score (nSPS) is 19.5. The van der Waals surface area contributed by atoms with Crippen LogP contribution in [0.2, 0.25) is 0 Å². The van der Waals surface area contributed by atoms with Crippen molar-refractivity contribution in [2.45, 2.75) is 38.9 Å². The van der Waals surface area contributed by atoms with E-state index in [1.54, 1.807) is 13.0 Å². The number of sulfonamides is 1. The van der Waals surface area contributed by atoms with Crippen molar-refractivity contribution in [2.75, 3.05) is 13.1 Å². The Bertz CT molecular complexity index is 614. The third-order valence-corrected chi connectivity index (χ3v) is 6.02. The Morgan fingerprint density at radius 1 is 1.48 bits per heavy atom. The molecule has 0 spiro atoms. The van der Waals surface area contributed by atoms with E-state index in [1.165, 1.54) is 4.31 Å². The molecule has 0 amide bonds. The fourth-order valence-corrected chi connectivity index (χ4v) is 4.11. The Morgan fingerprint density at radius 2 is 2.10 bits per heavy atom. The van der Waals surface area contributed by atoms with E-state index >= 15 is 0 Å². The molecule has 2 rings (SSSR count). The molecule has 0 bridgehead atoms. The maximum atomic E-state index is 12.3. The molecule has 7 nitrogen and oxygen atoms in total. The standard InChI is InChI=1S/C13H20N2O5S/c1-3-13(12(16)17)4-6-15(7-5-13)21(18,19)9-11-8-10(2)20-14-11/h8H,3-7,9H2,1-2H3,(H,16,17). The van der Waals surface area contributed by atoms with Crippen LogP contribution in [-0.4, -0.2) is 42.0 Å². The number of aliphatic carboxylic acids is 1. The van der Waals surface area contributed by atoms with Gasteiger partial charge in [-0.05, 0) is 26.2 Å². The van der Waals surface area contributed by atoms with Crippen LogP contribution in [0.1, 0.15) is 37.6 Å². The smallest absolute Gasteiger partial charge is 0.309 e. The van der Waals surface area contributed by atoms with Gasteiger partial charge >= 0.3 is 5.97 Å². The minimum atomic E-state index is -3.49. The SMILES string of the molecule is CCC1(C(=O)O)CCN(S(=O)(=O)Cc2cc(C)on2)CC1. The van der Waals surface area contributed by atoms with Crippen LogP contribution in [0.15, 0.2) is 10.6 Å². The van der Waals surface area contributed by atoms with E-state index in [0.717, 1.165) is 0 Å². The van der Waals surface area contributed by atoms with Crippen LogP contribution in [0.4, 0.5) is 0 Å².